The van der Waals surface area contributed by atoms with Crippen LogP contribution in [0.2, 0.25) is 5.02 Å². The molecule has 0 aliphatic carbocycles. The number of aliphatic carboxylic acids is 1. The zero-order chi connectivity index (χ0) is 20.7. The Morgan fingerprint density at radius 2 is 1.82 bits per heavy atom. The second-order valence-corrected chi connectivity index (χ2v) is 9.11. The van der Waals surface area contributed by atoms with Crippen molar-refractivity contribution in [2.75, 3.05) is 32.2 Å². The predicted molar refractivity (Wildman–Crippen MR) is 110 cm³/mol. The Labute approximate surface area is 170 Å². The lowest BCUT2D eigenvalue weighted by Gasteiger charge is -2.16. The number of benzene rings is 2. The third-order valence-electron chi connectivity index (χ3n) is 4.28. The third-order valence-corrected chi connectivity index (χ3v) is 6.63. The van der Waals surface area contributed by atoms with Gasteiger partial charge in [0.05, 0.1) is 11.5 Å². The Morgan fingerprint density at radius 3 is 2.39 bits per heavy atom. The summed E-state index contributed by atoms with van der Waals surface area (Å²) in [5, 5.41) is 8.50. The number of halogens is 1. The molecule has 0 aliphatic rings. The molecule has 0 amide bonds. The van der Waals surface area contributed by atoms with Crippen LogP contribution < -0.4 is 4.90 Å². The minimum Gasteiger partial charge on any atom is -0.480 e. The number of carbonyl (C=O) groups is 1. The number of carboxylic acids is 1. The van der Waals surface area contributed by atoms with E-state index in [2.05, 4.69) is 0 Å². The molecule has 0 bridgehead atoms. The smallest absolute Gasteiger partial charge is 0.322 e. The Morgan fingerprint density at radius 1 is 1.14 bits per heavy atom. The van der Waals surface area contributed by atoms with E-state index < -0.39 is 21.1 Å². The second kappa shape index (κ2) is 9.91. The van der Waals surface area contributed by atoms with Crippen molar-refractivity contribution >= 4 is 33.1 Å². The van der Waals surface area contributed by atoms with Crippen LogP contribution >= 0.6 is 11.6 Å². The summed E-state index contributed by atoms with van der Waals surface area (Å²) in [6.07, 6.45) is 0.486. The first-order valence-electron chi connectivity index (χ1n) is 8.78. The number of sulfone groups is 1. The van der Waals surface area contributed by atoms with Gasteiger partial charge in [0.1, 0.15) is 0 Å². The molecule has 0 saturated heterocycles. The Bertz CT molecular complexity index is 897. The Kier molecular flexibility index (Phi) is 7.86. The van der Waals surface area contributed by atoms with E-state index in [1.54, 1.807) is 18.2 Å². The first kappa shape index (κ1) is 22.2. The molecule has 152 valence electrons. The maximum atomic E-state index is 12.7. The maximum Gasteiger partial charge on any atom is 0.322 e. The summed E-state index contributed by atoms with van der Waals surface area (Å²) in [6, 6.07) is 13.5. The van der Waals surface area contributed by atoms with Crippen LogP contribution in [-0.2, 0) is 25.8 Å². The molecule has 0 heterocycles. The monoisotopic (exact) mass is 425 g/mol. The fourth-order valence-corrected chi connectivity index (χ4v) is 4.41. The van der Waals surface area contributed by atoms with Crippen LogP contribution in [0.15, 0.2) is 53.4 Å². The summed E-state index contributed by atoms with van der Waals surface area (Å²) >= 11 is 5.92. The molecule has 2 aromatic carbocycles. The first-order valence-corrected chi connectivity index (χ1v) is 10.7. The summed E-state index contributed by atoms with van der Waals surface area (Å²) in [7, 11) is -0.328. The lowest BCUT2D eigenvalue weighted by atomic mass is 10.2. The SMILES string of the molecule is CN(C)c1ccc(S(=O)(=O)C(CCOCCc2cccc(Cl)c2)C(=O)O)cc1. The highest BCUT2D eigenvalue weighted by Crippen LogP contribution is 2.22. The molecule has 1 unspecified atom stereocenters. The molecule has 2 rings (SSSR count). The zero-order valence-corrected chi connectivity index (χ0v) is 17.4. The van der Waals surface area contributed by atoms with Crippen molar-refractivity contribution in [3.63, 3.8) is 0 Å². The zero-order valence-electron chi connectivity index (χ0n) is 15.8. The van der Waals surface area contributed by atoms with E-state index in [1.807, 2.05) is 37.2 Å². The van der Waals surface area contributed by atoms with Gasteiger partial charge >= 0.3 is 5.97 Å². The summed E-state index contributed by atoms with van der Waals surface area (Å²) in [5.41, 5.74) is 1.83. The lowest BCUT2D eigenvalue weighted by Crippen LogP contribution is -2.31. The van der Waals surface area contributed by atoms with Crippen molar-refractivity contribution in [2.24, 2.45) is 0 Å². The molecule has 1 atom stereocenters. The van der Waals surface area contributed by atoms with Gasteiger partial charge in [0.15, 0.2) is 15.1 Å². The van der Waals surface area contributed by atoms with Gasteiger partial charge in [0.2, 0.25) is 0 Å². The number of hydrogen-bond acceptors (Lipinski definition) is 5. The first-order chi connectivity index (χ1) is 13.2. The molecule has 0 aromatic heterocycles. The van der Waals surface area contributed by atoms with Crippen LogP contribution in [0.25, 0.3) is 0 Å². The molecule has 28 heavy (non-hydrogen) atoms. The summed E-state index contributed by atoms with van der Waals surface area (Å²) in [4.78, 5) is 13.4. The molecule has 0 spiro atoms. The molecule has 1 N–H and O–H groups in total. The fourth-order valence-electron chi connectivity index (χ4n) is 2.68. The van der Waals surface area contributed by atoms with Crippen LogP contribution in [0.5, 0.6) is 0 Å². The normalized spacial score (nSPS) is 12.5. The van der Waals surface area contributed by atoms with Gasteiger partial charge in [-0.3, -0.25) is 4.79 Å². The molecular weight excluding hydrogens is 402 g/mol. The Balaban J connectivity index is 1.95. The van der Waals surface area contributed by atoms with E-state index in [1.165, 1.54) is 12.1 Å². The lowest BCUT2D eigenvalue weighted by molar-refractivity contribution is -0.136. The largest absolute Gasteiger partial charge is 0.480 e. The second-order valence-electron chi connectivity index (χ2n) is 6.54. The van der Waals surface area contributed by atoms with Gasteiger partial charge in [0.25, 0.3) is 0 Å². The molecular formula is C20H24ClNO5S. The molecule has 6 nitrogen and oxygen atoms in total. The van der Waals surface area contributed by atoms with Crippen molar-refractivity contribution in [1.29, 1.82) is 0 Å². The maximum absolute atomic E-state index is 12.7. The Hall–Kier alpha value is -2.09. The molecule has 0 saturated carbocycles. The number of rotatable bonds is 10. The average molecular weight is 426 g/mol. The summed E-state index contributed by atoms with van der Waals surface area (Å²) < 4.78 is 30.9. The quantitative estimate of drug-likeness (QED) is 0.588. The number of carboxylic acid groups (broad SMARTS) is 1. The highest BCUT2D eigenvalue weighted by Gasteiger charge is 2.33. The minimum absolute atomic E-state index is 0.00979. The van der Waals surface area contributed by atoms with Crippen LogP contribution in [0.1, 0.15) is 12.0 Å². The van der Waals surface area contributed by atoms with Crippen molar-refractivity contribution in [2.45, 2.75) is 23.0 Å². The predicted octanol–water partition coefficient (Wildman–Crippen LogP) is 3.28. The number of hydrogen-bond donors (Lipinski definition) is 1. The number of nitrogens with zero attached hydrogens (tertiary/aromatic N) is 1. The van der Waals surface area contributed by atoms with Gasteiger partial charge in [-0.25, -0.2) is 8.42 Å². The van der Waals surface area contributed by atoms with Gasteiger partial charge in [-0.2, -0.15) is 0 Å². The summed E-state index contributed by atoms with van der Waals surface area (Å²) in [5.74, 6) is -1.38. The van der Waals surface area contributed by atoms with Gasteiger partial charge in [-0.05, 0) is 54.8 Å². The van der Waals surface area contributed by atoms with Gasteiger partial charge < -0.3 is 14.7 Å². The van der Waals surface area contributed by atoms with Crippen molar-refractivity contribution in [3.8, 4) is 0 Å². The molecule has 2 aromatic rings. The van der Waals surface area contributed by atoms with E-state index in [0.717, 1.165) is 11.3 Å². The minimum atomic E-state index is -4.00. The molecule has 8 heteroatoms. The van der Waals surface area contributed by atoms with Crippen molar-refractivity contribution in [3.05, 3.63) is 59.1 Å². The van der Waals surface area contributed by atoms with Crippen molar-refractivity contribution in [1.82, 2.24) is 0 Å². The highest BCUT2D eigenvalue weighted by atomic mass is 35.5. The van der Waals surface area contributed by atoms with Crippen LogP contribution in [-0.4, -0.2) is 52.1 Å². The third kappa shape index (κ3) is 5.95. The van der Waals surface area contributed by atoms with Crippen LogP contribution in [0.3, 0.4) is 0 Å². The average Bonchev–Trinajstić information content (AvgIpc) is 2.64. The van der Waals surface area contributed by atoms with Gasteiger partial charge in [-0.1, -0.05) is 23.7 Å². The number of anilines is 1. The molecule has 0 radical (unpaired) electrons. The van der Waals surface area contributed by atoms with Crippen LogP contribution in [0, 0.1) is 0 Å². The van der Waals surface area contributed by atoms with E-state index in [4.69, 9.17) is 16.3 Å². The van der Waals surface area contributed by atoms with Crippen LogP contribution in [0.4, 0.5) is 5.69 Å². The highest BCUT2D eigenvalue weighted by molar-refractivity contribution is 7.92. The molecule has 0 fully saturated rings. The standard InChI is InChI=1S/C20H24ClNO5S/c1-22(2)17-6-8-18(9-7-17)28(25,26)19(20(23)24)11-13-27-12-10-15-4-3-5-16(21)14-15/h3-9,14,19H,10-13H2,1-2H3,(H,23,24). The molecule has 0 aliphatic heterocycles. The van der Waals surface area contributed by atoms with Crippen molar-refractivity contribution < 1.29 is 23.1 Å². The topological polar surface area (TPSA) is 83.9 Å². The fraction of sp³-hybridized carbons (Fsp3) is 0.350. The van der Waals surface area contributed by atoms with E-state index in [-0.39, 0.29) is 17.9 Å². The number of ether oxygens (including phenoxy) is 1. The van der Waals surface area contributed by atoms with Gasteiger partial charge in [0, 0.05) is 31.4 Å². The van der Waals surface area contributed by atoms with Gasteiger partial charge in [-0.15, -0.1) is 0 Å². The summed E-state index contributed by atoms with van der Waals surface area (Å²) in [6.45, 7) is 0.386. The van der Waals surface area contributed by atoms with E-state index in [9.17, 15) is 18.3 Å². The van der Waals surface area contributed by atoms with E-state index >= 15 is 0 Å². The van der Waals surface area contributed by atoms with E-state index in [0.29, 0.717) is 18.1 Å².